The van der Waals surface area contributed by atoms with Crippen LogP contribution in [0, 0.1) is 22.9 Å². The second-order valence-corrected chi connectivity index (χ2v) is 7.10. The van der Waals surface area contributed by atoms with Crippen LogP contribution in [0.1, 0.15) is 47.3 Å². The number of amides is 1. The van der Waals surface area contributed by atoms with Gasteiger partial charge in [0.2, 0.25) is 0 Å². The number of halogens is 1. The molecule has 2 heterocycles. The van der Waals surface area contributed by atoms with Crippen molar-refractivity contribution in [3.05, 3.63) is 63.2 Å². The van der Waals surface area contributed by atoms with Crippen molar-refractivity contribution in [3.8, 4) is 0 Å². The SMILES string of the molecule is Cc1ncc([N+](=O)[O-])cc1C(=O)N1CC2(CCCC2)c2cccc(F)c21. The number of fused-ring (bicyclic) bond motifs is 2. The van der Waals surface area contributed by atoms with E-state index in [1.54, 1.807) is 13.0 Å². The van der Waals surface area contributed by atoms with Gasteiger partial charge in [-0.2, -0.15) is 0 Å². The molecule has 1 amide bonds. The Morgan fingerprint density at radius 1 is 1.35 bits per heavy atom. The molecule has 0 unspecified atom stereocenters. The molecular formula is C19H18FN3O3. The summed E-state index contributed by atoms with van der Waals surface area (Å²) in [5.74, 6) is -0.871. The summed E-state index contributed by atoms with van der Waals surface area (Å²) in [4.78, 5) is 29.1. The third kappa shape index (κ3) is 2.38. The fourth-order valence-corrected chi connectivity index (χ4v) is 4.32. The average Bonchev–Trinajstić information content (AvgIpc) is 3.22. The lowest BCUT2D eigenvalue weighted by Crippen LogP contribution is -2.36. The van der Waals surface area contributed by atoms with Crippen LogP contribution in [0.25, 0.3) is 0 Å². The lowest BCUT2D eigenvalue weighted by atomic mass is 9.81. The molecule has 6 nitrogen and oxygen atoms in total. The third-order valence-electron chi connectivity index (χ3n) is 5.61. The van der Waals surface area contributed by atoms with Gasteiger partial charge in [0.05, 0.1) is 21.9 Å². The van der Waals surface area contributed by atoms with E-state index < -0.39 is 16.6 Å². The lowest BCUT2D eigenvalue weighted by Gasteiger charge is -2.24. The molecule has 0 N–H and O–H groups in total. The first-order valence-electron chi connectivity index (χ1n) is 8.65. The Morgan fingerprint density at radius 2 is 2.08 bits per heavy atom. The minimum absolute atomic E-state index is 0.142. The lowest BCUT2D eigenvalue weighted by molar-refractivity contribution is -0.385. The first kappa shape index (κ1) is 16.6. The molecule has 134 valence electrons. The Bertz CT molecular complexity index is 922. The molecule has 1 aliphatic carbocycles. The van der Waals surface area contributed by atoms with Gasteiger partial charge in [-0.3, -0.25) is 19.9 Å². The summed E-state index contributed by atoms with van der Waals surface area (Å²) < 4.78 is 14.6. The molecule has 1 aromatic carbocycles. The standard InChI is InChI=1S/C19H18FN3O3/c1-12-14(9-13(10-21-12)23(25)26)18(24)22-11-19(7-2-3-8-19)15-5-4-6-16(20)17(15)22/h4-6,9-10H,2-3,7-8,11H2,1H3. The van der Waals surface area contributed by atoms with Gasteiger partial charge in [-0.1, -0.05) is 25.0 Å². The molecule has 0 saturated heterocycles. The van der Waals surface area contributed by atoms with E-state index in [1.165, 1.54) is 17.0 Å². The molecule has 0 bridgehead atoms. The molecular weight excluding hydrogens is 337 g/mol. The number of rotatable bonds is 2. The Morgan fingerprint density at radius 3 is 2.77 bits per heavy atom. The highest BCUT2D eigenvalue weighted by molar-refractivity contribution is 6.08. The van der Waals surface area contributed by atoms with Gasteiger partial charge in [0.25, 0.3) is 11.6 Å². The first-order chi connectivity index (χ1) is 12.4. The van der Waals surface area contributed by atoms with Crippen LogP contribution in [-0.4, -0.2) is 22.4 Å². The number of hydrogen-bond donors (Lipinski definition) is 0. The molecule has 1 saturated carbocycles. The molecule has 0 radical (unpaired) electrons. The molecule has 4 rings (SSSR count). The van der Waals surface area contributed by atoms with E-state index in [2.05, 4.69) is 4.98 Å². The number of pyridine rings is 1. The second-order valence-electron chi connectivity index (χ2n) is 7.10. The van der Waals surface area contributed by atoms with Gasteiger partial charge < -0.3 is 4.90 Å². The van der Waals surface area contributed by atoms with Gasteiger partial charge in [0.15, 0.2) is 0 Å². The second kappa shape index (κ2) is 5.86. The van der Waals surface area contributed by atoms with Crippen LogP contribution in [0.15, 0.2) is 30.5 Å². The smallest absolute Gasteiger partial charge is 0.288 e. The summed E-state index contributed by atoms with van der Waals surface area (Å²) in [5, 5.41) is 11.0. The van der Waals surface area contributed by atoms with Gasteiger partial charge in [-0.25, -0.2) is 4.39 Å². The summed E-state index contributed by atoms with van der Waals surface area (Å²) in [7, 11) is 0. The van der Waals surface area contributed by atoms with Crippen molar-refractivity contribution in [1.29, 1.82) is 0 Å². The van der Waals surface area contributed by atoms with Crippen LogP contribution in [0.5, 0.6) is 0 Å². The van der Waals surface area contributed by atoms with Crippen molar-refractivity contribution in [1.82, 2.24) is 4.98 Å². The number of nitrogens with zero attached hydrogens (tertiary/aromatic N) is 3. The summed E-state index contributed by atoms with van der Waals surface area (Å²) in [5.41, 5.74) is 1.26. The number of benzene rings is 1. The van der Waals surface area contributed by atoms with Crippen LogP contribution in [0.2, 0.25) is 0 Å². The maximum absolute atomic E-state index is 14.6. The molecule has 0 atom stereocenters. The number of nitro groups is 1. The van der Waals surface area contributed by atoms with E-state index in [9.17, 15) is 19.3 Å². The molecule has 1 aliphatic heterocycles. The van der Waals surface area contributed by atoms with E-state index >= 15 is 0 Å². The van der Waals surface area contributed by atoms with Crippen molar-refractivity contribution in [2.75, 3.05) is 11.4 Å². The van der Waals surface area contributed by atoms with Crippen molar-refractivity contribution >= 4 is 17.3 Å². The van der Waals surface area contributed by atoms with Gasteiger partial charge >= 0.3 is 0 Å². The van der Waals surface area contributed by atoms with Crippen LogP contribution >= 0.6 is 0 Å². The molecule has 1 spiro atoms. The maximum Gasteiger partial charge on any atom is 0.288 e. The van der Waals surface area contributed by atoms with E-state index in [-0.39, 0.29) is 16.7 Å². The molecule has 2 aliphatic rings. The summed E-state index contributed by atoms with van der Waals surface area (Å²) in [6, 6.07) is 6.16. The fraction of sp³-hybridized carbons (Fsp3) is 0.368. The van der Waals surface area contributed by atoms with Gasteiger partial charge in [0.1, 0.15) is 12.0 Å². The van der Waals surface area contributed by atoms with Crippen LogP contribution in [0.4, 0.5) is 15.8 Å². The summed E-state index contributed by atoms with van der Waals surface area (Å²) in [6.07, 6.45) is 5.06. The van der Waals surface area contributed by atoms with Crippen molar-refractivity contribution in [2.24, 2.45) is 0 Å². The third-order valence-corrected chi connectivity index (χ3v) is 5.61. The van der Waals surface area contributed by atoms with Crippen molar-refractivity contribution < 1.29 is 14.1 Å². The van der Waals surface area contributed by atoms with E-state index in [0.29, 0.717) is 17.9 Å². The number of aromatic nitrogens is 1. The summed E-state index contributed by atoms with van der Waals surface area (Å²) in [6.45, 7) is 2.03. The zero-order valence-electron chi connectivity index (χ0n) is 14.4. The molecule has 2 aromatic rings. The van der Waals surface area contributed by atoms with E-state index in [0.717, 1.165) is 37.4 Å². The van der Waals surface area contributed by atoms with Crippen molar-refractivity contribution in [2.45, 2.75) is 38.0 Å². The Kier molecular flexibility index (Phi) is 3.75. The van der Waals surface area contributed by atoms with E-state index in [1.807, 2.05) is 6.07 Å². The molecule has 1 fully saturated rings. The van der Waals surface area contributed by atoms with Gasteiger partial charge in [-0.15, -0.1) is 0 Å². The predicted molar refractivity (Wildman–Crippen MR) is 93.9 cm³/mol. The highest BCUT2D eigenvalue weighted by atomic mass is 19.1. The Hall–Kier alpha value is -2.83. The number of carbonyl (C=O) groups excluding carboxylic acids is 1. The quantitative estimate of drug-likeness (QED) is 0.604. The van der Waals surface area contributed by atoms with Gasteiger partial charge in [0, 0.05) is 18.0 Å². The van der Waals surface area contributed by atoms with Crippen LogP contribution in [0.3, 0.4) is 0 Å². The average molecular weight is 355 g/mol. The number of carbonyl (C=O) groups is 1. The van der Waals surface area contributed by atoms with Crippen LogP contribution < -0.4 is 4.90 Å². The highest BCUT2D eigenvalue weighted by Gasteiger charge is 2.47. The predicted octanol–water partition coefficient (Wildman–Crippen LogP) is 3.91. The fourth-order valence-electron chi connectivity index (χ4n) is 4.32. The minimum Gasteiger partial charge on any atom is -0.304 e. The van der Waals surface area contributed by atoms with Crippen molar-refractivity contribution in [3.63, 3.8) is 0 Å². The molecule has 26 heavy (non-hydrogen) atoms. The Labute approximate surface area is 149 Å². The molecule has 1 aromatic heterocycles. The number of anilines is 1. The monoisotopic (exact) mass is 355 g/mol. The largest absolute Gasteiger partial charge is 0.304 e. The first-order valence-corrected chi connectivity index (χ1v) is 8.65. The van der Waals surface area contributed by atoms with Gasteiger partial charge in [-0.05, 0) is 31.4 Å². The summed E-state index contributed by atoms with van der Waals surface area (Å²) >= 11 is 0. The number of hydrogen-bond acceptors (Lipinski definition) is 4. The maximum atomic E-state index is 14.6. The Balaban J connectivity index is 1.81. The minimum atomic E-state index is -0.583. The number of aryl methyl sites for hydroxylation is 1. The normalized spacial score (nSPS) is 17.5. The zero-order valence-corrected chi connectivity index (χ0v) is 14.4. The highest BCUT2D eigenvalue weighted by Crippen LogP contribution is 2.51. The topological polar surface area (TPSA) is 76.3 Å². The van der Waals surface area contributed by atoms with Crippen LogP contribution in [-0.2, 0) is 5.41 Å². The molecule has 7 heteroatoms. The number of para-hydroxylation sites is 1. The zero-order chi connectivity index (χ0) is 18.5. The van der Waals surface area contributed by atoms with E-state index in [4.69, 9.17) is 0 Å².